The number of halogens is 1. The average molecular weight is 397 g/mol. The van der Waals surface area contributed by atoms with Crippen LogP contribution in [-0.4, -0.2) is 35.7 Å². The van der Waals surface area contributed by atoms with E-state index in [4.69, 9.17) is 4.74 Å². The van der Waals surface area contributed by atoms with E-state index in [1.807, 2.05) is 20.8 Å². The number of rotatable bonds is 3. The lowest BCUT2D eigenvalue weighted by Crippen LogP contribution is -2.48. The van der Waals surface area contributed by atoms with E-state index in [2.05, 4.69) is 52.1 Å². The summed E-state index contributed by atoms with van der Waals surface area (Å²) in [6, 6.07) is 4.50. The van der Waals surface area contributed by atoms with Crippen LogP contribution in [0.15, 0.2) is 16.6 Å². The monoisotopic (exact) mass is 396 g/mol. The van der Waals surface area contributed by atoms with Crippen molar-refractivity contribution in [2.75, 3.05) is 13.1 Å². The lowest BCUT2D eigenvalue weighted by molar-refractivity contribution is 0.0470. The molecule has 0 aliphatic carbocycles. The van der Waals surface area contributed by atoms with Crippen molar-refractivity contribution in [3.8, 4) is 0 Å². The number of benzene rings is 1. The van der Waals surface area contributed by atoms with Gasteiger partial charge in [0.2, 0.25) is 0 Å². The Morgan fingerprint density at radius 3 is 2.54 bits per heavy atom. The predicted molar refractivity (Wildman–Crippen MR) is 101 cm³/mol. The summed E-state index contributed by atoms with van der Waals surface area (Å²) in [6.07, 6.45) is 1.79. The Bertz CT molecular complexity index is 573. The third-order valence-electron chi connectivity index (χ3n) is 4.27. The van der Waals surface area contributed by atoms with Crippen LogP contribution in [-0.2, 0) is 11.3 Å². The largest absolute Gasteiger partial charge is 0.444 e. The molecule has 1 aliphatic rings. The van der Waals surface area contributed by atoms with Crippen molar-refractivity contribution in [3.63, 3.8) is 0 Å². The highest BCUT2D eigenvalue weighted by molar-refractivity contribution is 9.10. The molecule has 0 bridgehead atoms. The Balaban J connectivity index is 1.95. The van der Waals surface area contributed by atoms with E-state index in [-0.39, 0.29) is 12.1 Å². The number of ether oxygens (including phenoxy) is 1. The first-order chi connectivity index (χ1) is 11.1. The third-order valence-corrected chi connectivity index (χ3v) is 4.73. The van der Waals surface area contributed by atoms with Gasteiger partial charge < -0.3 is 10.1 Å². The first-order valence-corrected chi connectivity index (χ1v) is 9.41. The van der Waals surface area contributed by atoms with Crippen LogP contribution in [0.2, 0.25) is 0 Å². The number of carbonyl (C=O) groups excluding carboxylic acids is 1. The van der Waals surface area contributed by atoms with Gasteiger partial charge in [0.15, 0.2) is 0 Å². The van der Waals surface area contributed by atoms with Crippen molar-refractivity contribution in [2.45, 2.75) is 65.6 Å². The van der Waals surface area contributed by atoms with Gasteiger partial charge >= 0.3 is 6.09 Å². The maximum atomic E-state index is 12.0. The number of nitrogens with zero attached hydrogens (tertiary/aromatic N) is 1. The van der Waals surface area contributed by atoms with E-state index in [1.165, 1.54) is 16.7 Å². The highest BCUT2D eigenvalue weighted by Crippen LogP contribution is 2.23. The molecule has 2 rings (SSSR count). The molecule has 1 atom stereocenters. The van der Waals surface area contributed by atoms with Gasteiger partial charge in [-0.1, -0.05) is 15.9 Å². The van der Waals surface area contributed by atoms with Gasteiger partial charge in [-0.15, -0.1) is 0 Å². The Hall–Kier alpha value is -1.07. The molecule has 1 N–H and O–H groups in total. The molecule has 24 heavy (non-hydrogen) atoms. The zero-order valence-corrected chi connectivity index (χ0v) is 17.0. The van der Waals surface area contributed by atoms with E-state index >= 15 is 0 Å². The Kier molecular flexibility index (Phi) is 6.32. The standard InChI is InChI=1S/C19H29BrN2O2/c1-13-9-15(20)10-14(2)17(13)12-22-8-6-7-16(11-22)21-18(23)24-19(3,4)5/h9-10,16H,6-8,11-12H2,1-5H3,(H,21,23)/t16-/m1/s1. The molecule has 0 saturated carbocycles. The second-order valence-corrected chi connectivity index (χ2v) is 8.65. The molecule has 134 valence electrons. The van der Waals surface area contributed by atoms with Crippen LogP contribution in [0.25, 0.3) is 0 Å². The summed E-state index contributed by atoms with van der Waals surface area (Å²) in [5.41, 5.74) is 3.55. The summed E-state index contributed by atoms with van der Waals surface area (Å²) in [4.78, 5) is 14.4. The lowest BCUT2D eigenvalue weighted by atomic mass is 10.00. The number of carbonyl (C=O) groups is 1. The van der Waals surface area contributed by atoms with Crippen LogP contribution in [0.4, 0.5) is 4.79 Å². The van der Waals surface area contributed by atoms with Crippen LogP contribution < -0.4 is 5.32 Å². The summed E-state index contributed by atoms with van der Waals surface area (Å²) in [5.74, 6) is 0. The fourth-order valence-electron chi connectivity index (χ4n) is 3.20. The minimum atomic E-state index is -0.454. The normalized spacial score (nSPS) is 19.2. The van der Waals surface area contributed by atoms with Crippen molar-refractivity contribution in [3.05, 3.63) is 33.3 Å². The molecule has 5 heteroatoms. The van der Waals surface area contributed by atoms with E-state index in [0.29, 0.717) is 0 Å². The molecular weight excluding hydrogens is 368 g/mol. The predicted octanol–water partition coefficient (Wildman–Crippen LogP) is 4.56. The lowest BCUT2D eigenvalue weighted by Gasteiger charge is -2.34. The molecule has 1 aliphatic heterocycles. The first-order valence-electron chi connectivity index (χ1n) is 8.61. The molecule has 1 aromatic rings. The van der Waals surface area contributed by atoms with Crippen molar-refractivity contribution >= 4 is 22.0 Å². The van der Waals surface area contributed by atoms with Crippen LogP contribution >= 0.6 is 15.9 Å². The minimum Gasteiger partial charge on any atom is -0.444 e. The zero-order valence-electron chi connectivity index (χ0n) is 15.4. The summed E-state index contributed by atoms with van der Waals surface area (Å²) in [7, 11) is 0. The van der Waals surface area contributed by atoms with E-state index < -0.39 is 5.60 Å². The van der Waals surface area contributed by atoms with Crippen molar-refractivity contribution < 1.29 is 9.53 Å². The molecule has 1 fully saturated rings. The molecule has 1 amide bonds. The molecule has 0 unspecified atom stereocenters. The van der Waals surface area contributed by atoms with Gasteiger partial charge in [0.1, 0.15) is 5.60 Å². The average Bonchev–Trinajstić information content (AvgIpc) is 2.41. The molecule has 0 radical (unpaired) electrons. The number of hydrogen-bond acceptors (Lipinski definition) is 3. The topological polar surface area (TPSA) is 41.6 Å². The fraction of sp³-hybridized carbons (Fsp3) is 0.632. The molecule has 0 spiro atoms. The van der Waals surface area contributed by atoms with Gasteiger partial charge in [-0.2, -0.15) is 0 Å². The third kappa shape index (κ3) is 5.78. The van der Waals surface area contributed by atoms with Gasteiger partial charge in [-0.05, 0) is 82.8 Å². The molecule has 1 aromatic carbocycles. The van der Waals surface area contributed by atoms with Gasteiger partial charge in [-0.3, -0.25) is 4.90 Å². The maximum Gasteiger partial charge on any atom is 0.407 e. The number of hydrogen-bond donors (Lipinski definition) is 1. The summed E-state index contributed by atoms with van der Waals surface area (Å²) < 4.78 is 6.50. The van der Waals surface area contributed by atoms with Gasteiger partial charge in [0.25, 0.3) is 0 Å². The zero-order chi connectivity index (χ0) is 17.9. The Morgan fingerprint density at radius 2 is 1.96 bits per heavy atom. The van der Waals surface area contributed by atoms with E-state index in [0.717, 1.165) is 36.9 Å². The van der Waals surface area contributed by atoms with Gasteiger partial charge in [0, 0.05) is 23.6 Å². The molecule has 0 aromatic heterocycles. The highest BCUT2D eigenvalue weighted by Gasteiger charge is 2.24. The minimum absolute atomic E-state index is 0.157. The number of likely N-dealkylation sites (tertiary alicyclic amines) is 1. The fourth-order valence-corrected chi connectivity index (χ4v) is 3.89. The number of aryl methyl sites for hydroxylation is 2. The Labute approximate surface area is 154 Å². The number of alkyl carbamates (subject to hydrolysis) is 1. The second-order valence-electron chi connectivity index (χ2n) is 7.74. The van der Waals surface area contributed by atoms with Gasteiger partial charge in [0.05, 0.1) is 0 Å². The maximum absolute atomic E-state index is 12.0. The van der Waals surface area contributed by atoms with Crippen molar-refractivity contribution in [1.29, 1.82) is 0 Å². The number of amides is 1. The van der Waals surface area contributed by atoms with Crippen LogP contribution in [0, 0.1) is 13.8 Å². The number of nitrogens with one attached hydrogen (secondary N) is 1. The van der Waals surface area contributed by atoms with Crippen LogP contribution in [0.3, 0.4) is 0 Å². The SMILES string of the molecule is Cc1cc(Br)cc(C)c1CN1CCC[C@@H](NC(=O)OC(C)(C)C)C1. The van der Waals surface area contributed by atoms with Crippen LogP contribution in [0.1, 0.15) is 50.3 Å². The van der Waals surface area contributed by atoms with E-state index in [1.54, 1.807) is 0 Å². The van der Waals surface area contributed by atoms with E-state index in [9.17, 15) is 4.79 Å². The summed E-state index contributed by atoms with van der Waals surface area (Å²) >= 11 is 3.56. The van der Waals surface area contributed by atoms with Crippen molar-refractivity contribution in [2.24, 2.45) is 0 Å². The Morgan fingerprint density at radius 1 is 1.33 bits per heavy atom. The van der Waals surface area contributed by atoms with Gasteiger partial charge in [-0.25, -0.2) is 4.79 Å². The quantitative estimate of drug-likeness (QED) is 0.813. The number of piperidine rings is 1. The molecule has 4 nitrogen and oxygen atoms in total. The second kappa shape index (κ2) is 7.87. The highest BCUT2D eigenvalue weighted by atomic mass is 79.9. The summed E-state index contributed by atoms with van der Waals surface area (Å²) in [5, 5.41) is 3.02. The first kappa shape index (κ1) is 19.3. The smallest absolute Gasteiger partial charge is 0.407 e. The molecule has 1 heterocycles. The molecule has 1 saturated heterocycles. The van der Waals surface area contributed by atoms with Crippen molar-refractivity contribution in [1.82, 2.24) is 10.2 Å². The van der Waals surface area contributed by atoms with Crippen LogP contribution in [0.5, 0.6) is 0 Å². The molecular formula is C19H29BrN2O2. The summed E-state index contributed by atoms with van der Waals surface area (Å²) in [6.45, 7) is 12.9.